The van der Waals surface area contributed by atoms with Crippen molar-refractivity contribution in [3.63, 3.8) is 0 Å². The molecule has 168 valence electrons. The zero-order valence-electron chi connectivity index (χ0n) is 17.2. The number of thiophene rings is 1. The van der Waals surface area contributed by atoms with E-state index in [0.717, 1.165) is 17.1 Å². The molecule has 1 amide bonds. The van der Waals surface area contributed by atoms with Crippen molar-refractivity contribution in [1.82, 2.24) is 9.88 Å². The van der Waals surface area contributed by atoms with Gasteiger partial charge in [0.25, 0.3) is 5.91 Å². The number of anilines is 1. The second-order valence-electron chi connectivity index (χ2n) is 7.43. The van der Waals surface area contributed by atoms with E-state index >= 15 is 0 Å². The number of halogens is 3. The molecule has 3 heterocycles. The Morgan fingerprint density at radius 3 is 2.66 bits per heavy atom. The number of aromatic nitrogens is 1. The first kappa shape index (κ1) is 22.1. The van der Waals surface area contributed by atoms with Crippen LogP contribution in [0.25, 0.3) is 0 Å². The Morgan fingerprint density at radius 2 is 1.94 bits per heavy atom. The highest BCUT2D eigenvalue weighted by molar-refractivity contribution is 7.09. The first-order valence-corrected chi connectivity index (χ1v) is 11.1. The summed E-state index contributed by atoms with van der Waals surface area (Å²) in [4.78, 5) is 21.8. The predicted molar refractivity (Wildman–Crippen MR) is 117 cm³/mol. The molecular weight excluding hydrogens is 439 g/mol. The van der Waals surface area contributed by atoms with Gasteiger partial charge >= 0.3 is 6.18 Å². The molecular formula is C23H22F3N3O2S. The second kappa shape index (κ2) is 9.60. The number of ether oxygens (including phenoxy) is 1. The lowest BCUT2D eigenvalue weighted by Gasteiger charge is -2.23. The Balaban J connectivity index is 1.38. The highest BCUT2D eigenvalue weighted by atomic mass is 32.1. The van der Waals surface area contributed by atoms with E-state index in [9.17, 15) is 18.0 Å². The van der Waals surface area contributed by atoms with Crippen molar-refractivity contribution in [1.29, 1.82) is 0 Å². The van der Waals surface area contributed by atoms with Gasteiger partial charge in [-0.3, -0.25) is 4.79 Å². The summed E-state index contributed by atoms with van der Waals surface area (Å²) >= 11 is 1.61. The van der Waals surface area contributed by atoms with Gasteiger partial charge in [0.1, 0.15) is 18.2 Å². The number of hydrogen-bond acceptors (Lipinski definition) is 5. The molecule has 0 atom stereocenters. The van der Waals surface area contributed by atoms with Gasteiger partial charge in [0.15, 0.2) is 0 Å². The summed E-state index contributed by atoms with van der Waals surface area (Å²) in [6, 6.07) is 13.5. The predicted octanol–water partition coefficient (Wildman–Crippen LogP) is 5.09. The van der Waals surface area contributed by atoms with Crippen LogP contribution in [0.3, 0.4) is 0 Å². The van der Waals surface area contributed by atoms with E-state index < -0.39 is 11.7 Å². The lowest BCUT2D eigenvalue weighted by Crippen LogP contribution is -2.35. The molecule has 0 radical (unpaired) electrons. The van der Waals surface area contributed by atoms with Crippen LogP contribution in [0.4, 0.5) is 19.0 Å². The van der Waals surface area contributed by atoms with Gasteiger partial charge in [0.2, 0.25) is 0 Å². The summed E-state index contributed by atoms with van der Waals surface area (Å²) in [5.41, 5.74) is -0.219. The Kier molecular flexibility index (Phi) is 6.64. The minimum Gasteiger partial charge on any atom is -0.488 e. The molecule has 0 unspecified atom stereocenters. The molecule has 2 aromatic heterocycles. The fourth-order valence-electron chi connectivity index (χ4n) is 3.54. The van der Waals surface area contributed by atoms with Gasteiger partial charge in [0, 0.05) is 42.8 Å². The minimum atomic E-state index is -4.41. The van der Waals surface area contributed by atoms with Crippen LogP contribution in [0.15, 0.2) is 60.1 Å². The number of hydrogen-bond donors (Lipinski definition) is 0. The Hall–Kier alpha value is -3.07. The molecule has 3 aromatic rings. The molecule has 5 nitrogen and oxygen atoms in total. The summed E-state index contributed by atoms with van der Waals surface area (Å²) in [6.07, 6.45) is -2.86. The Bertz CT molecular complexity index is 1040. The maximum Gasteiger partial charge on any atom is 0.417 e. The second-order valence-corrected chi connectivity index (χ2v) is 8.46. The van der Waals surface area contributed by atoms with E-state index in [-0.39, 0.29) is 5.91 Å². The van der Waals surface area contributed by atoms with Crippen LogP contribution >= 0.6 is 11.3 Å². The lowest BCUT2D eigenvalue weighted by atomic mass is 10.2. The summed E-state index contributed by atoms with van der Waals surface area (Å²) in [5.74, 6) is 1.03. The monoisotopic (exact) mass is 461 g/mol. The normalized spacial score (nSPS) is 14.8. The number of alkyl halides is 3. The van der Waals surface area contributed by atoms with Crippen molar-refractivity contribution >= 4 is 23.1 Å². The van der Waals surface area contributed by atoms with Crippen molar-refractivity contribution in [2.45, 2.75) is 19.2 Å². The quantitative estimate of drug-likeness (QED) is 0.531. The van der Waals surface area contributed by atoms with E-state index in [0.29, 0.717) is 56.3 Å². The van der Waals surface area contributed by atoms with E-state index in [1.807, 2.05) is 28.5 Å². The number of carbonyl (C=O) groups excluding carboxylic acids is 1. The highest BCUT2D eigenvalue weighted by Crippen LogP contribution is 2.29. The summed E-state index contributed by atoms with van der Waals surface area (Å²) in [7, 11) is 0. The van der Waals surface area contributed by atoms with Gasteiger partial charge in [-0.15, -0.1) is 11.3 Å². The van der Waals surface area contributed by atoms with Gasteiger partial charge in [0.05, 0.1) is 5.56 Å². The molecule has 0 aliphatic carbocycles. The zero-order valence-corrected chi connectivity index (χ0v) is 18.0. The van der Waals surface area contributed by atoms with Gasteiger partial charge in [-0.25, -0.2) is 4.98 Å². The van der Waals surface area contributed by atoms with E-state index in [1.54, 1.807) is 34.4 Å². The summed E-state index contributed by atoms with van der Waals surface area (Å²) < 4.78 is 44.1. The molecule has 0 saturated carbocycles. The number of nitrogens with zero attached hydrogens (tertiary/aromatic N) is 3. The third-order valence-electron chi connectivity index (χ3n) is 5.22. The van der Waals surface area contributed by atoms with Crippen molar-refractivity contribution in [3.05, 3.63) is 76.1 Å². The van der Waals surface area contributed by atoms with Gasteiger partial charge < -0.3 is 14.5 Å². The number of rotatable bonds is 5. The third kappa shape index (κ3) is 5.40. The van der Waals surface area contributed by atoms with Gasteiger partial charge in [-0.05, 0) is 48.2 Å². The maximum absolute atomic E-state index is 13.0. The summed E-state index contributed by atoms with van der Waals surface area (Å²) in [6.45, 7) is 2.59. The molecule has 1 aromatic carbocycles. The van der Waals surface area contributed by atoms with Crippen molar-refractivity contribution < 1.29 is 22.7 Å². The number of carbonyl (C=O) groups is 1. The van der Waals surface area contributed by atoms with E-state index in [1.165, 1.54) is 6.07 Å². The number of amides is 1. The van der Waals surface area contributed by atoms with Crippen LogP contribution in [0.5, 0.6) is 5.75 Å². The van der Waals surface area contributed by atoms with Crippen molar-refractivity contribution in [3.8, 4) is 5.75 Å². The Morgan fingerprint density at radius 1 is 1.06 bits per heavy atom. The average molecular weight is 462 g/mol. The van der Waals surface area contributed by atoms with Crippen LogP contribution < -0.4 is 9.64 Å². The molecule has 4 rings (SSSR count). The van der Waals surface area contributed by atoms with Crippen molar-refractivity contribution in [2.24, 2.45) is 0 Å². The highest BCUT2D eigenvalue weighted by Gasteiger charge is 2.31. The first-order valence-electron chi connectivity index (χ1n) is 10.2. The molecule has 1 aliphatic heterocycles. The first-order chi connectivity index (χ1) is 15.4. The van der Waals surface area contributed by atoms with Crippen LogP contribution in [0.2, 0.25) is 0 Å². The third-order valence-corrected chi connectivity index (χ3v) is 6.07. The molecule has 0 spiro atoms. The van der Waals surface area contributed by atoms with Crippen LogP contribution in [-0.2, 0) is 12.8 Å². The fourth-order valence-corrected chi connectivity index (χ4v) is 4.16. The van der Waals surface area contributed by atoms with E-state index in [4.69, 9.17) is 4.74 Å². The SMILES string of the molecule is O=C(c1cccc(OCc2cccs2)c1)N1CCCN(c2ccc(C(F)(F)F)cn2)CC1. The largest absolute Gasteiger partial charge is 0.488 e. The van der Waals surface area contributed by atoms with Gasteiger partial charge in [-0.1, -0.05) is 12.1 Å². The van der Waals surface area contributed by atoms with Crippen LogP contribution in [0.1, 0.15) is 27.2 Å². The minimum absolute atomic E-state index is 0.0891. The van der Waals surface area contributed by atoms with Gasteiger partial charge in [-0.2, -0.15) is 13.2 Å². The molecule has 1 saturated heterocycles. The molecule has 1 fully saturated rings. The lowest BCUT2D eigenvalue weighted by molar-refractivity contribution is -0.137. The zero-order chi connectivity index (χ0) is 22.6. The maximum atomic E-state index is 13.0. The smallest absolute Gasteiger partial charge is 0.417 e. The number of pyridine rings is 1. The van der Waals surface area contributed by atoms with Crippen LogP contribution in [0, 0.1) is 0 Å². The Labute approximate surface area is 188 Å². The molecule has 0 N–H and O–H groups in total. The number of benzene rings is 1. The standard InChI is InChI=1S/C23H22F3N3O2S/c24-23(25,26)18-7-8-21(27-15-18)28-9-3-10-29(12-11-28)22(30)17-4-1-5-19(14-17)31-16-20-6-2-13-32-20/h1-2,4-8,13-15H,3,9-12,16H2. The summed E-state index contributed by atoms with van der Waals surface area (Å²) in [5, 5.41) is 1.99. The molecule has 9 heteroatoms. The fraction of sp³-hybridized carbons (Fsp3) is 0.304. The van der Waals surface area contributed by atoms with Crippen molar-refractivity contribution in [2.75, 3.05) is 31.1 Å². The average Bonchev–Trinajstić information content (AvgIpc) is 3.20. The topological polar surface area (TPSA) is 45.7 Å². The van der Waals surface area contributed by atoms with Crippen LogP contribution in [-0.4, -0.2) is 42.0 Å². The van der Waals surface area contributed by atoms with E-state index in [2.05, 4.69) is 4.98 Å². The molecule has 1 aliphatic rings. The molecule has 32 heavy (non-hydrogen) atoms. The molecule has 0 bridgehead atoms.